The first-order valence-corrected chi connectivity index (χ1v) is 3.91. The van der Waals surface area contributed by atoms with Gasteiger partial charge in [0.2, 0.25) is 5.91 Å². The Morgan fingerprint density at radius 3 is 2.27 bits per heavy atom. The number of carbonyl (C=O) groups is 1. The topological polar surface area (TPSA) is 55.1 Å². The second-order valence-electron chi connectivity index (χ2n) is 3.76. The van der Waals surface area contributed by atoms with Gasteiger partial charge in [-0.05, 0) is 26.3 Å². The van der Waals surface area contributed by atoms with E-state index in [1.54, 1.807) is 13.8 Å². The number of primary amides is 1. The predicted molar refractivity (Wildman–Crippen MR) is 46.1 cm³/mol. The molecular weight excluding hydrogens is 140 g/mol. The smallest absolute Gasteiger partial charge is 0.237 e. The van der Waals surface area contributed by atoms with Crippen LogP contribution < -0.4 is 11.1 Å². The Kier molecular flexibility index (Phi) is 3.52. The van der Waals surface area contributed by atoms with Crippen LogP contribution in [0.4, 0.5) is 0 Å². The highest BCUT2D eigenvalue weighted by atomic mass is 16.1. The largest absolute Gasteiger partial charge is 0.368 e. The molecular formula is C8H18N2O. The fourth-order valence-corrected chi connectivity index (χ4v) is 0.546. The van der Waals surface area contributed by atoms with E-state index in [-0.39, 0.29) is 5.91 Å². The van der Waals surface area contributed by atoms with E-state index in [0.717, 1.165) is 6.54 Å². The number of amides is 1. The van der Waals surface area contributed by atoms with Crippen molar-refractivity contribution in [1.82, 2.24) is 5.32 Å². The lowest BCUT2D eigenvalue weighted by molar-refractivity contribution is -0.123. The number of nitrogens with two attached hydrogens (primary N) is 1. The average Bonchev–Trinajstić information content (AvgIpc) is 1.84. The molecule has 0 aliphatic rings. The maximum Gasteiger partial charge on any atom is 0.237 e. The number of carbonyl (C=O) groups excluding carboxylic acids is 1. The zero-order valence-electron chi connectivity index (χ0n) is 7.77. The number of hydrogen-bond donors (Lipinski definition) is 2. The molecule has 0 unspecified atom stereocenters. The van der Waals surface area contributed by atoms with Crippen molar-refractivity contribution < 1.29 is 4.79 Å². The molecule has 11 heavy (non-hydrogen) atoms. The van der Waals surface area contributed by atoms with Crippen molar-refractivity contribution in [2.75, 3.05) is 6.54 Å². The van der Waals surface area contributed by atoms with Crippen LogP contribution in [0.2, 0.25) is 0 Å². The predicted octanol–water partition coefficient (Wildman–Crippen LogP) is 0.496. The van der Waals surface area contributed by atoms with E-state index in [0.29, 0.717) is 5.92 Å². The molecule has 0 fully saturated rings. The molecule has 1 amide bonds. The zero-order valence-corrected chi connectivity index (χ0v) is 7.77. The van der Waals surface area contributed by atoms with Crippen molar-refractivity contribution >= 4 is 5.91 Å². The number of hydrogen-bond acceptors (Lipinski definition) is 2. The first-order chi connectivity index (χ1) is 4.86. The van der Waals surface area contributed by atoms with E-state index in [9.17, 15) is 4.79 Å². The van der Waals surface area contributed by atoms with Crippen LogP contribution in [0.1, 0.15) is 27.7 Å². The maximum absolute atomic E-state index is 10.8. The molecule has 0 rings (SSSR count). The van der Waals surface area contributed by atoms with E-state index in [1.165, 1.54) is 0 Å². The molecule has 0 heterocycles. The molecule has 0 radical (unpaired) electrons. The Morgan fingerprint density at radius 2 is 2.00 bits per heavy atom. The van der Waals surface area contributed by atoms with Crippen molar-refractivity contribution in [1.29, 1.82) is 0 Å². The summed E-state index contributed by atoms with van der Waals surface area (Å²) in [4.78, 5) is 10.8. The molecule has 3 heteroatoms. The summed E-state index contributed by atoms with van der Waals surface area (Å²) in [5.41, 5.74) is 4.58. The Balaban J connectivity index is 3.83. The van der Waals surface area contributed by atoms with E-state index in [4.69, 9.17) is 5.73 Å². The van der Waals surface area contributed by atoms with Gasteiger partial charge in [-0.15, -0.1) is 0 Å². The monoisotopic (exact) mass is 158 g/mol. The van der Waals surface area contributed by atoms with Gasteiger partial charge in [0.25, 0.3) is 0 Å². The summed E-state index contributed by atoms with van der Waals surface area (Å²) >= 11 is 0. The molecule has 0 bridgehead atoms. The second kappa shape index (κ2) is 3.72. The van der Waals surface area contributed by atoms with Gasteiger partial charge in [-0.1, -0.05) is 13.8 Å². The molecule has 3 N–H and O–H groups in total. The zero-order chi connectivity index (χ0) is 9.07. The van der Waals surface area contributed by atoms with E-state index in [1.807, 2.05) is 0 Å². The summed E-state index contributed by atoms with van der Waals surface area (Å²) < 4.78 is 0. The Labute approximate surface area is 68.3 Å². The highest BCUT2D eigenvalue weighted by Crippen LogP contribution is 2.01. The molecule has 0 spiro atoms. The minimum Gasteiger partial charge on any atom is -0.368 e. The number of nitrogens with one attached hydrogen (secondary N) is 1. The fraction of sp³-hybridized carbons (Fsp3) is 0.875. The first kappa shape index (κ1) is 10.4. The summed E-state index contributed by atoms with van der Waals surface area (Å²) in [7, 11) is 0. The molecule has 0 aromatic heterocycles. The Morgan fingerprint density at radius 1 is 1.55 bits per heavy atom. The van der Waals surface area contributed by atoms with Crippen molar-refractivity contribution in [2.24, 2.45) is 11.7 Å². The van der Waals surface area contributed by atoms with Crippen molar-refractivity contribution in [3.05, 3.63) is 0 Å². The Hall–Kier alpha value is -0.570. The lowest BCUT2D eigenvalue weighted by Crippen LogP contribution is -2.51. The van der Waals surface area contributed by atoms with E-state index >= 15 is 0 Å². The van der Waals surface area contributed by atoms with Crippen LogP contribution in [-0.2, 0) is 4.79 Å². The fourth-order valence-electron chi connectivity index (χ4n) is 0.546. The molecule has 0 aliphatic heterocycles. The highest BCUT2D eigenvalue weighted by molar-refractivity contribution is 5.83. The van der Waals surface area contributed by atoms with Crippen LogP contribution in [0.25, 0.3) is 0 Å². The summed E-state index contributed by atoms with van der Waals surface area (Å²) in [6.45, 7) is 8.57. The molecule has 3 nitrogen and oxygen atoms in total. The quantitative estimate of drug-likeness (QED) is 0.626. The van der Waals surface area contributed by atoms with Crippen LogP contribution >= 0.6 is 0 Å². The van der Waals surface area contributed by atoms with Gasteiger partial charge in [0.05, 0.1) is 5.54 Å². The first-order valence-electron chi connectivity index (χ1n) is 3.91. The third-order valence-electron chi connectivity index (χ3n) is 1.57. The highest BCUT2D eigenvalue weighted by Gasteiger charge is 2.23. The van der Waals surface area contributed by atoms with Crippen LogP contribution in [0, 0.1) is 5.92 Å². The molecule has 0 aliphatic carbocycles. The maximum atomic E-state index is 10.8. The van der Waals surface area contributed by atoms with Crippen LogP contribution in [0.3, 0.4) is 0 Å². The summed E-state index contributed by atoms with van der Waals surface area (Å²) in [5, 5.41) is 3.08. The average molecular weight is 158 g/mol. The van der Waals surface area contributed by atoms with Crippen LogP contribution in [-0.4, -0.2) is 18.0 Å². The lowest BCUT2D eigenvalue weighted by Gasteiger charge is -2.23. The normalized spacial score (nSPS) is 12.1. The van der Waals surface area contributed by atoms with Crippen molar-refractivity contribution in [2.45, 2.75) is 33.2 Å². The van der Waals surface area contributed by atoms with E-state index in [2.05, 4.69) is 19.2 Å². The van der Waals surface area contributed by atoms with Gasteiger partial charge in [-0.25, -0.2) is 0 Å². The van der Waals surface area contributed by atoms with Gasteiger partial charge in [0.15, 0.2) is 0 Å². The van der Waals surface area contributed by atoms with Crippen molar-refractivity contribution in [3.8, 4) is 0 Å². The van der Waals surface area contributed by atoms with Crippen LogP contribution in [0.5, 0.6) is 0 Å². The second-order valence-corrected chi connectivity index (χ2v) is 3.76. The summed E-state index contributed by atoms with van der Waals surface area (Å²) in [5.74, 6) is 0.228. The van der Waals surface area contributed by atoms with Gasteiger partial charge in [-0.3, -0.25) is 4.79 Å². The third kappa shape index (κ3) is 3.98. The van der Waals surface area contributed by atoms with Gasteiger partial charge >= 0.3 is 0 Å². The summed E-state index contributed by atoms with van der Waals surface area (Å²) in [6.07, 6.45) is 0. The number of rotatable bonds is 4. The molecule has 0 aromatic carbocycles. The molecule has 0 saturated heterocycles. The molecule has 0 saturated carbocycles. The third-order valence-corrected chi connectivity index (χ3v) is 1.57. The SMILES string of the molecule is CC(C)CNC(C)(C)C(N)=O. The standard InChI is InChI=1S/C8H18N2O/c1-6(2)5-10-8(3,4)7(9)11/h6,10H,5H2,1-4H3,(H2,9,11). The van der Waals surface area contributed by atoms with Gasteiger partial charge in [-0.2, -0.15) is 0 Å². The van der Waals surface area contributed by atoms with Crippen LogP contribution in [0.15, 0.2) is 0 Å². The minimum atomic E-state index is -0.579. The summed E-state index contributed by atoms with van der Waals surface area (Å²) in [6, 6.07) is 0. The van der Waals surface area contributed by atoms with Gasteiger partial charge in [0, 0.05) is 0 Å². The van der Waals surface area contributed by atoms with Gasteiger partial charge in [0.1, 0.15) is 0 Å². The van der Waals surface area contributed by atoms with Crippen molar-refractivity contribution in [3.63, 3.8) is 0 Å². The minimum absolute atomic E-state index is 0.307. The molecule has 0 atom stereocenters. The van der Waals surface area contributed by atoms with E-state index < -0.39 is 5.54 Å². The molecule has 66 valence electrons. The molecule has 0 aromatic rings. The van der Waals surface area contributed by atoms with Gasteiger partial charge < -0.3 is 11.1 Å². The Bertz CT molecular complexity index is 141. The lowest BCUT2D eigenvalue weighted by atomic mass is 10.0.